The lowest BCUT2D eigenvalue weighted by Crippen LogP contribution is -2.28. The second-order valence-electron chi connectivity index (χ2n) is 6.94. The molecule has 0 aliphatic carbocycles. The fourth-order valence-corrected chi connectivity index (χ4v) is 3.36. The first-order chi connectivity index (χ1) is 12.9. The highest BCUT2D eigenvalue weighted by Gasteiger charge is 2.28. The SMILES string of the molecule is CCC(=O)Nc1cc2c(c(O)c1CCC(O)c1ccccc1)NC(C)N2C. The molecule has 1 heterocycles. The summed E-state index contributed by atoms with van der Waals surface area (Å²) < 4.78 is 0. The summed E-state index contributed by atoms with van der Waals surface area (Å²) in [5.74, 6) is 0.0243. The van der Waals surface area contributed by atoms with Crippen LogP contribution in [0.4, 0.5) is 17.1 Å². The number of carbonyl (C=O) groups excluding carboxylic acids is 1. The van der Waals surface area contributed by atoms with Gasteiger partial charge in [0.05, 0.1) is 18.0 Å². The van der Waals surface area contributed by atoms with E-state index in [1.54, 1.807) is 6.92 Å². The molecular formula is C21H27N3O3. The Balaban J connectivity index is 1.90. The van der Waals surface area contributed by atoms with E-state index in [-0.39, 0.29) is 17.8 Å². The predicted octanol–water partition coefficient (Wildman–Crippen LogP) is 3.61. The van der Waals surface area contributed by atoms with Crippen LogP contribution in [0.3, 0.4) is 0 Å². The van der Waals surface area contributed by atoms with Crippen LogP contribution in [-0.2, 0) is 11.2 Å². The Morgan fingerprint density at radius 1 is 1.33 bits per heavy atom. The molecule has 27 heavy (non-hydrogen) atoms. The number of phenols is 1. The van der Waals surface area contributed by atoms with E-state index in [0.717, 1.165) is 11.3 Å². The quantitative estimate of drug-likeness (QED) is 0.585. The molecule has 0 saturated heterocycles. The topological polar surface area (TPSA) is 84.8 Å². The lowest BCUT2D eigenvalue weighted by molar-refractivity contribution is -0.115. The van der Waals surface area contributed by atoms with Gasteiger partial charge in [0.2, 0.25) is 5.91 Å². The normalized spacial score (nSPS) is 16.6. The van der Waals surface area contributed by atoms with Gasteiger partial charge in [0.25, 0.3) is 0 Å². The molecule has 0 aromatic heterocycles. The minimum Gasteiger partial charge on any atom is -0.505 e. The number of benzene rings is 2. The van der Waals surface area contributed by atoms with E-state index in [2.05, 4.69) is 10.6 Å². The summed E-state index contributed by atoms with van der Waals surface area (Å²) >= 11 is 0. The molecule has 2 unspecified atom stereocenters. The van der Waals surface area contributed by atoms with Gasteiger partial charge in [-0.05, 0) is 31.4 Å². The Morgan fingerprint density at radius 3 is 2.70 bits per heavy atom. The predicted molar refractivity (Wildman–Crippen MR) is 108 cm³/mol. The minimum absolute atomic E-state index is 0.0470. The minimum atomic E-state index is -0.636. The summed E-state index contributed by atoms with van der Waals surface area (Å²) in [6.45, 7) is 3.79. The van der Waals surface area contributed by atoms with E-state index >= 15 is 0 Å². The number of fused-ring (bicyclic) bond motifs is 1. The second kappa shape index (κ2) is 7.88. The van der Waals surface area contributed by atoms with Gasteiger partial charge >= 0.3 is 0 Å². The number of carbonyl (C=O) groups is 1. The first kappa shape index (κ1) is 19.0. The van der Waals surface area contributed by atoms with E-state index in [1.165, 1.54) is 0 Å². The van der Waals surface area contributed by atoms with Crippen LogP contribution in [-0.4, -0.2) is 29.3 Å². The smallest absolute Gasteiger partial charge is 0.224 e. The van der Waals surface area contributed by atoms with Crippen LogP contribution in [0.15, 0.2) is 36.4 Å². The number of nitrogens with zero attached hydrogens (tertiary/aromatic N) is 1. The monoisotopic (exact) mass is 369 g/mol. The molecule has 2 aromatic rings. The maximum atomic E-state index is 12.0. The van der Waals surface area contributed by atoms with Crippen LogP contribution < -0.4 is 15.5 Å². The van der Waals surface area contributed by atoms with E-state index in [4.69, 9.17) is 0 Å². The van der Waals surface area contributed by atoms with Gasteiger partial charge in [-0.25, -0.2) is 0 Å². The number of anilines is 3. The second-order valence-corrected chi connectivity index (χ2v) is 6.94. The first-order valence-electron chi connectivity index (χ1n) is 9.33. The molecule has 1 aliphatic rings. The molecule has 6 nitrogen and oxygen atoms in total. The van der Waals surface area contributed by atoms with Crippen LogP contribution in [0.1, 0.15) is 43.9 Å². The summed E-state index contributed by atoms with van der Waals surface area (Å²) in [4.78, 5) is 14.0. The van der Waals surface area contributed by atoms with Gasteiger partial charge in [-0.2, -0.15) is 0 Å². The average molecular weight is 369 g/mol. The molecule has 2 atom stereocenters. The molecule has 1 aliphatic heterocycles. The maximum absolute atomic E-state index is 12.0. The van der Waals surface area contributed by atoms with Gasteiger partial charge in [-0.1, -0.05) is 37.3 Å². The highest BCUT2D eigenvalue weighted by atomic mass is 16.3. The highest BCUT2D eigenvalue weighted by Crippen LogP contribution is 2.46. The van der Waals surface area contributed by atoms with Gasteiger partial charge in [0.15, 0.2) is 0 Å². The van der Waals surface area contributed by atoms with Gasteiger partial charge < -0.3 is 25.7 Å². The van der Waals surface area contributed by atoms with Crippen molar-refractivity contribution < 1.29 is 15.0 Å². The molecule has 4 N–H and O–H groups in total. The van der Waals surface area contributed by atoms with Crippen molar-refractivity contribution in [3.8, 4) is 5.75 Å². The van der Waals surface area contributed by atoms with Crippen molar-refractivity contribution in [3.05, 3.63) is 47.5 Å². The number of aromatic hydroxyl groups is 1. The standard InChI is InChI=1S/C21H27N3O3/c1-4-19(26)23-16-12-17-20(22-13(2)24(17)3)21(27)15(16)10-11-18(25)14-8-6-5-7-9-14/h5-9,12-13,18,22,25,27H,4,10-11H2,1-3H3,(H,23,26). The van der Waals surface area contributed by atoms with Crippen LogP contribution in [0.25, 0.3) is 0 Å². The van der Waals surface area contributed by atoms with Gasteiger partial charge in [-0.3, -0.25) is 4.79 Å². The van der Waals surface area contributed by atoms with E-state index in [0.29, 0.717) is 36.2 Å². The number of aliphatic hydroxyl groups excluding tert-OH is 1. The molecule has 1 amide bonds. The highest BCUT2D eigenvalue weighted by molar-refractivity contribution is 5.96. The molecule has 0 spiro atoms. The zero-order chi connectivity index (χ0) is 19.6. The van der Waals surface area contributed by atoms with Gasteiger partial charge in [-0.15, -0.1) is 0 Å². The van der Waals surface area contributed by atoms with Gasteiger partial charge in [0, 0.05) is 24.7 Å². The molecular weight excluding hydrogens is 342 g/mol. The summed E-state index contributed by atoms with van der Waals surface area (Å²) in [5, 5.41) is 27.5. The Hall–Kier alpha value is -2.73. The third-order valence-corrected chi connectivity index (χ3v) is 5.15. The number of rotatable bonds is 6. The fourth-order valence-electron chi connectivity index (χ4n) is 3.36. The molecule has 2 aromatic carbocycles. The molecule has 144 valence electrons. The number of phenolic OH excluding ortho intramolecular Hbond substituents is 1. The van der Waals surface area contributed by atoms with E-state index in [1.807, 2.05) is 55.3 Å². The van der Waals surface area contributed by atoms with Crippen LogP contribution in [0.2, 0.25) is 0 Å². The van der Waals surface area contributed by atoms with Crippen molar-refractivity contribution in [2.75, 3.05) is 22.6 Å². The van der Waals surface area contributed by atoms with E-state index < -0.39 is 6.10 Å². The van der Waals surface area contributed by atoms with Crippen LogP contribution >= 0.6 is 0 Å². The summed E-state index contributed by atoms with van der Waals surface area (Å²) in [6, 6.07) is 11.3. The largest absolute Gasteiger partial charge is 0.505 e. The zero-order valence-electron chi connectivity index (χ0n) is 16.0. The van der Waals surface area contributed by atoms with Gasteiger partial charge in [0.1, 0.15) is 11.4 Å². The van der Waals surface area contributed by atoms with Crippen molar-refractivity contribution in [1.82, 2.24) is 0 Å². The van der Waals surface area contributed by atoms with E-state index in [9.17, 15) is 15.0 Å². The Bertz CT molecular complexity index is 823. The summed E-state index contributed by atoms with van der Waals surface area (Å²) in [5.41, 5.74) is 3.59. The third-order valence-electron chi connectivity index (χ3n) is 5.15. The fraction of sp³-hybridized carbons (Fsp3) is 0.381. The molecule has 0 radical (unpaired) electrons. The maximum Gasteiger partial charge on any atom is 0.224 e. The average Bonchev–Trinajstić information content (AvgIpc) is 2.96. The summed E-state index contributed by atoms with van der Waals surface area (Å²) in [7, 11) is 1.94. The Morgan fingerprint density at radius 2 is 2.04 bits per heavy atom. The lowest BCUT2D eigenvalue weighted by Gasteiger charge is -2.20. The summed E-state index contributed by atoms with van der Waals surface area (Å²) in [6.07, 6.45) is 0.647. The molecule has 0 saturated carbocycles. The lowest BCUT2D eigenvalue weighted by atomic mass is 9.98. The van der Waals surface area contributed by atoms with Crippen molar-refractivity contribution in [1.29, 1.82) is 0 Å². The number of hydrogen-bond donors (Lipinski definition) is 4. The first-order valence-corrected chi connectivity index (χ1v) is 9.33. The third kappa shape index (κ3) is 3.85. The number of hydrogen-bond acceptors (Lipinski definition) is 5. The van der Waals surface area contributed by atoms with Crippen LogP contribution in [0.5, 0.6) is 5.75 Å². The van der Waals surface area contributed by atoms with Crippen molar-refractivity contribution >= 4 is 23.0 Å². The van der Waals surface area contributed by atoms with Crippen molar-refractivity contribution in [3.63, 3.8) is 0 Å². The number of nitrogens with one attached hydrogen (secondary N) is 2. The number of amides is 1. The zero-order valence-corrected chi connectivity index (χ0v) is 16.0. The van der Waals surface area contributed by atoms with Crippen LogP contribution in [0, 0.1) is 0 Å². The van der Waals surface area contributed by atoms with Crippen molar-refractivity contribution in [2.24, 2.45) is 0 Å². The molecule has 6 heteroatoms. The number of aliphatic hydroxyl groups is 1. The molecule has 0 fully saturated rings. The Labute approximate surface area is 159 Å². The molecule has 0 bridgehead atoms. The molecule has 3 rings (SSSR count). The van der Waals surface area contributed by atoms with Crippen molar-refractivity contribution in [2.45, 2.75) is 45.4 Å². The Kier molecular flexibility index (Phi) is 5.56.